The van der Waals surface area contributed by atoms with Gasteiger partial charge in [0.25, 0.3) is 0 Å². The topological polar surface area (TPSA) is 15.3 Å². The van der Waals surface area contributed by atoms with Crippen LogP contribution in [0.2, 0.25) is 0 Å². The van der Waals surface area contributed by atoms with Gasteiger partial charge >= 0.3 is 0 Å². The van der Waals surface area contributed by atoms with E-state index in [-0.39, 0.29) is 0 Å². The molecule has 0 aromatic heterocycles. The van der Waals surface area contributed by atoms with Crippen LogP contribution < -0.4 is 10.2 Å². The van der Waals surface area contributed by atoms with Crippen molar-refractivity contribution in [1.29, 1.82) is 0 Å². The van der Waals surface area contributed by atoms with Gasteiger partial charge in [-0.05, 0) is 42.8 Å². The first kappa shape index (κ1) is 14.8. The summed E-state index contributed by atoms with van der Waals surface area (Å²) in [5, 5.41) is 3.41. The van der Waals surface area contributed by atoms with Gasteiger partial charge in [0.1, 0.15) is 0 Å². The number of benzene rings is 2. The van der Waals surface area contributed by atoms with Gasteiger partial charge in [-0.2, -0.15) is 0 Å². The largest absolute Gasteiger partial charge is 0.368 e. The lowest BCUT2D eigenvalue weighted by Crippen LogP contribution is -2.43. The molecule has 1 heterocycles. The van der Waals surface area contributed by atoms with Crippen LogP contribution in [0.5, 0.6) is 0 Å². The van der Waals surface area contributed by atoms with Crippen LogP contribution in [-0.4, -0.2) is 26.2 Å². The number of nitrogens with zero attached hydrogens (tertiary/aromatic N) is 1. The second-order valence-corrected chi connectivity index (χ2v) is 6.86. The van der Waals surface area contributed by atoms with Crippen LogP contribution in [0.3, 0.4) is 0 Å². The summed E-state index contributed by atoms with van der Waals surface area (Å²) in [5.74, 6) is 0. The Morgan fingerprint density at radius 3 is 2.57 bits per heavy atom. The van der Waals surface area contributed by atoms with Crippen molar-refractivity contribution in [2.75, 3.05) is 31.1 Å². The van der Waals surface area contributed by atoms with Gasteiger partial charge in [0, 0.05) is 40.9 Å². The Labute approximate surface area is 136 Å². The lowest BCUT2D eigenvalue weighted by atomic mass is 10.2. The summed E-state index contributed by atoms with van der Waals surface area (Å²) in [6, 6.07) is 15.1. The minimum atomic E-state index is 1.02. The molecule has 4 heteroatoms. The molecule has 0 aliphatic carbocycles. The molecule has 0 bridgehead atoms. The SMILES string of the molecule is Cc1cc(S)ccc1Sc1ccccc1N1CCNCC1. The van der Waals surface area contributed by atoms with Crippen LogP contribution in [0.1, 0.15) is 5.56 Å². The van der Waals surface area contributed by atoms with E-state index >= 15 is 0 Å². The van der Waals surface area contributed by atoms with Gasteiger partial charge in [0.2, 0.25) is 0 Å². The maximum atomic E-state index is 4.41. The molecule has 0 saturated carbocycles. The van der Waals surface area contributed by atoms with E-state index in [0.29, 0.717) is 0 Å². The summed E-state index contributed by atoms with van der Waals surface area (Å²) >= 11 is 6.25. The molecule has 2 aromatic carbocycles. The fourth-order valence-corrected chi connectivity index (χ4v) is 3.89. The van der Waals surface area contributed by atoms with Gasteiger partial charge in [-0.25, -0.2) is 0 Å². The van der Waals surface area contributed by atoms with E-state index in [1.807, 2.05) is 11.8 Å². The van der Waals surface area contributed by atoms with Crippen molar-refractivity contribution >= 4 is 30.1 Å². The minimum Gasteiger partial charge on any atom is -0.368 e. The van der Waals surface area contributed by atoms with E-state index in [0.717, 1.165) is 31.1 Å². The normalized spacial score (nSPS) is 15.2. The third kappa shape index (κ3) is 3.57. The summed E-state index contributed by atoms with van der Waals surface area (Å²) in [6.07, 6.45) is 0. The first-order valence-corrected chi connectivity index (χ1v) is 8.52. The van der Waals surface area contributed by atoms with Gasteiger partial charge in [-0.3, -0.25) is 0 Å². The van der Waals surface area contributed by atoms with Gasteiger partial charge in [-0.1, -0.05) is 23.9 Å². The van der Waals surface area contributed by atoms with Crippen molar-refractivity contribution in [1.82, 2.24) is 5.32 Å². The molecule has 0 atom stereocenters. The highest BCUT2D eigenvalue weighted by Gasteiger charge is 2.14. The Hall–Kier alpha value is -1.10. The number of anilines is 1. The molecular weight excluding hydrogens is 296 g/mol. The quantitative estimate of drug-likeness (QED) is 0.837. The zero-order valence-corrected chi connectivity index (χ0v) is 13.9. The summed E-state index contributed by atoms with van der Waals surface area (Å²) in [4.78, 5) is 6.12. The number of aryl methyl sites for hydroxylation is 1. The number of thiol groups is 1. The van der Waals surface area contributed by atoms with Crippen LogP contribution >= 0.6 is 24.4 Å². The van der Waals surface area contributed by atoms with E-state index in [9.17, 15) is 0 Å². The van der Waals surface area contributed by atoms with Crippen molar-refractivity contribution in [3.05, 3.63) is 48.0 Å². The molecule has 0 amide bonds. The van der Waals surface area contributed by atoms with Gasteiger partial charge in [-0.15, -0.1) is 12.6 Å². The third-order valence-electron chi connectivity index (χ3n) is 3.70. The Bertz CT molecular complexity index is 622. The van der Waals surface area contributed by atoms with Crippen molar-refractivity contribution in [2.45, 2.75) is 21.6 Å². The molecule has 0 spiro atoms. The Morgan fingerprint density at radius 1 is 1.05 bits per heavy atom. The Morgan fingerprint density at radius 2 is 1.81 bits per heavy atom. The maximum absolute atomic E-state index is 4.41. The van der Waals surface area contributed by atoms with Gasteiger partial charge in [0.05, 0.1) is 5.69 Å². The molecule has 1 saturated heterocycles. The van der Waals surface area contributed by atoms with Gasteiger partial charge < -0.3 is 10.2 Å². The number of para-hydroxylation sites is 1. The molecule has 1 aliphatic heterocycles. The molecule has 1 N–H and O–H groups in total. The highest BCUT2D eigenvalue weighted by atomic mass is 32.2. The predicted molar refractivity (Wildman–Crippen MR) is 94.1 cm³/mol. The monoisotopic (exact) mass is 316 g/mol. The fourth-order valence-electron chi connectivity index (χ4n) is 2.58. The molecule has 2 nitrogen and oxygen atoms in total. The molecule has 3 rings (SSSR count). The summed E-state index contributed by atoms with van der Waals surface area (Å²) < 4.78 is 0. The maximum Gasteiger partial charge on any atom is 0.0508 e. The summed E-state index contributed by atoms with van der Waals surface area (Å²) in [5.41, 5.74) is 2.63. The van der Waals surface area contributed by atoms with Crippen LogP contribution in [0.25, 0.3) is 0 Å². The number of piperazine rings is 1. The summed E-state index contributed by atoms with van der Waals surface area (Å²) in [6.45, 7) is 6.42. The highest BCUT2D eigenvalue weighted by Crippen LogP contribution is 2.37. The molecule has 1 aliphatic rings. The molecular formula is C17H20N2S2. The lowest BCUT2D eigenvalue weighted by molar-refractivity contribution is 0.587. The number of hydrogen-bond acceptors (Lipinski definition) is 4. The van der Waals surface area contributed by atoms with E-state index in [4.69, 9.17) is 0 Å². The van der Waals surface area contributed by atoms with Crippen molar-refractivity contribution in [3.8, 4) is 0 Å². The van der Waals surface area contributed by atoms with Crippen molar-refractivity contribution < 1.29 is 0 Å². The summed E-state index contributed by atoms with van der Waals surface area (Å²) in [7, 11) is 0. The minimum absolute atomic E-state index is 1.02. The van der Waals surface area contributed by atoms with E-state index < -0.39 is 0 Å². The van der Waals surface area contributed by atoms with Crippen LogP contribution in [0, 0.1) is 6.92 Å². The second kappa shape index (κ2) is 6.77. The van der Waals surface area contributed by atoms with E-state index in [1.54, 1.807) is 0 Å². The van der Waals surface area contributed by atoms with Crippen LogP contribution in [0.15, 0.2) is 57.2 Å². The first-order valence-electron chi connectivity index (χ1n) is 7.26. The number of nitrogens with one attached hydrogen (secondary N) is 1. The smallest absolute Gasteiger partial charge is 0.0508 e. The Kier molecular flexibility index (Phi) is 4.78. The lowest BCUT2D eigenvalue weighted by Gasteiger charge is -2.31. The zero-order chi connectivity index (χ0) is 14.7. The Balaban J connectivity index is 1.88. The van der Waals surface area contributed by atoms with E-state index in [2.05, 4.69) is 72.2 Å². The molecule has 110 valence electrons. The molecule has 0 unspecified atom stereocenters. The second-order valence-electron chi connectivity index (χ2n) is 5.26. The molecule has 2 aromatic rings. The standard InChI is InChI=1S/C17H20N2S2/c1-13-12-14(20)6-7-16(13)21-17-5-3-2-4-15(17)19-10-8-18-9-11-19/h2-7,12,18,20H,8-11H2,1H3. The van der Waals surface area contributed by atoms with Crippen LogP contribution in [-0.2, 0) is 0 Å². The molecule has 0 radical (unpaired) electrons. The zero-order valence-electron chi connectivity index (χ0n) is 12.2. The number of rotatable bonds is 3. The average molecular weight is 316 g/mol. The third-order valence-corrected chi connectivity index (χ3v) is 5.22. The van der Waals surface area contributed by atoms with Gasteiger partial charge in [0.15, 0.2) is 0 Å². The van der Waals surface area contributed by atoms with Crippen molar-refractivity contribution in [3.63, 3.8) is 0 Å². The first-order chi connectivity index (χ1) is 10.2. The fraction of sp³-hybridized carbons (Fsp3) is 0.294. The average Bonchev–Trinajstić information content (AvgIpc) is 2.51. The molecule has 21 heavy (non-hydrogen) atoms. The van der Waals surface area contributed by atoms with E-state index in [1.165, 1.54) is 21.0 Å². The predicted octanol–water partition coefficient (Wildman–Crippen LogP) is 3.84. The number of hydrogen-bond donors (Lipinski definition) is 2. The molecule has 1 fully saturated rings. The van der Waals surface area contributed by atoms with Crippen molar-refractivity contribution in [2.24, 2.45) is 0 Å². The van der Waals surface area contributed by atoms with Crippen LogP contribution in [0.4, 0.5) is 5.69 Å². The highest BCUT2D eigenvalue weighted by molar-refractivity contribution is 7.99.